The molecule has 15 heavy (non-hydrogen) atoms. The molecule has 0 unspecified atom stereocenters. The van der Waals surface area contributed by atoms with Gasteiger partial charge in [-0.15, -0.1) is 0 Å². The fourth-order valence-corrected chi connectivity index (χ4v) is 1.56. The summed E-state index contributed by atoms with van der Waals surface area (Å²) in [6.45, 7) is 0. The standard InChI is InChI=1S/C10H6BrFN2O/c11-7-3-1-2-6(8(7)12)9(15)10-13-4-5-14-10/h1-5H,(H,13,14). The zero-order chi connectivity index (χ0) is 10.8. The fourth-order valence-electron chi connectivity index (χ4n) is 1.20. The smallest absolute Gasteiger partial charge is 0.231 e. The van der Waals surface area contributed by atoms with E-state index >= 15 is 0 Å². The lowest BCUT2D eigenvalue weighted by molar-refractivity contribution is 0.102. The normalized spacial score (nSPS) is 10.3. The van der Waals surface area contributed by atoms with Crippen LogP contribution in [0.4, 0.5) is 4.39 Å². The van der Waals surface area contributed by atoms with E-state index < -0.39 is 11.6 Å². The van der Waals surface area contributed by atoms with Crippen molar-refractivity contribution in [2.75, 3.05) is 0 Å². The van der Waals surface area contributed by atoms with Crippen LogP contribution in [-0.4, -0.2) is 15.8 Å². The summed E-state index contributed by atoms with van der Waals surface area (Å²) < 4.78 is 13.8. The van der Waals surface area contributed by atoms with Gasteiger partial charge in [0.2, 0.25) is 5.78 Å². The van der Waals surface area contributed by atoms with Crippen LogP contribution in [-0.2, 0) is 0 Å². The van der Waals surface area contributed by atoms with E-state index in [1.807, 2.05) is 0 Å². The Morgan fingerprint density at radius 3 is 2.93 bits per heavy atom. The van der Waals surface area contributed by atoms with Crippen molar-refractivity contribution in [2.24, 2.45) is 0 Å². The number of nitrogens with zero attached hydrogens (tertiary/aromatic N) is 1. The van der Waals surface area contributed by atoms with Crippen LogP contribution in [0.1, 0.15) is 16.2 Å². The zero-order valence-electron chi connectivity index (χ0n) is 7.50. The van der Waals surface area contributed by atoms with Gasteiger partial charge in [-0.25, -0.2) is 9.37 Å². The number of ketones is 1. The summed E-state index contributed by atoms with van der Waals surface area (Å²) in [6, 6.07) is 4.56. The van der Waals surface area contributed by atoms with Crippen LogP contribution in [0.25, 0.3) is 0 Å². The summed E-state index contributed by atoms with van der Waals surface area (Å²) >= 11 is 3.02. The van der Waals surface area contributed by atoms with Gasteiger partial charge in [0.1, 0.15) is 5.82 Å². The van der Waals surface area contributed by atoms with E-state index in [1.165, 1.54) is 24.5 Å². The van der Waals surface area contributed by atoms with E-state index in [1.54, 1.807) is 6.07 Å². The molecule has 0 fully saturated rings. The lowest BCUT2D eigenvalue weighted by Gasteiger charge is -2.01. The summed E-state index contributed by atoms with van der Waals surface area (Å²) in [5.41, 5.74) is -0.000625. The highest BCUT2D eigenvalue weighted by Crippen LogP contribution is 2.20. The van der Waals surface area contributed by atoms with E-state index in [-0.39, 0.29) is 15.9 Å². The minimum atomic E-state index is -0.570. The Bertz CT molecular complexity index is 496. The molecule has 0 bridgehead atoms. The number of aromatic amines is 1. The van der Waals surface area contributed by atoms with Crippen molar-refractivity contribution in [1.29, 1.82) is 0 Å². The Labute approximate surface area is 93.5 Å². The van der Waals surface area contributed by atoms with Gasteiger partial charge in [0, 0.05) is 12.4 Å². The molecule has 3 nitrogen and oxygen atoms in total. The third-order valence-electron chi connectivity index (χ3n) is 1.91. The number of aromatic nitrogens is 2. The van der Waals surface area contributed by atoms with Crippen molar-refractivity contribution in [2.45, 2.75) is 0 Å². The second-order valence-electron chi connectivity index (χ2n) is 2.87. The van der Waals surface area contributed by atoms with Crippen LogP contribution in [0, 0.1) is 5.82 Å². The number of halogens is 2. The Balaban J connectivity index is 2.47. The van der Waals surface area contributed by atoms with Crippen LogP contribution in [0.15, 0.2) is 35.1 Å². The molecule has 0 amide bonds. The molecule has 1 aromatic heterocycles. The minimum absolute atomic E-state index is 0.000625. The maximum atomic E-state index is 13.5. The number of hydrogen-bond donors (Lipinski definition) is 1. The summed E-state index contributed by atoms with van der Waals surface area (Å²) in [6.07, 6.45) is 2.96. The van der Waals surface area contributed by atoms with Gasteiger partial charge in [-0.1, -0.05) is 6.07 Å². The van der Waals surface area contributed by atoms with Crippen LogP contribution in [0.5, 0.6) is 0 Å². The van der Waals surface area contributed by atoms with E-state index in [9.17, 15) is 9.18 Å². The van der Waals surface area contributed by atoms with Gasteiger partial charge in [0.25, 0.3) is 0 Å². The Morgan fingerprint density at radius 1 is 1.47 bits per heavy atom. The van der Waals surface area contributed by atoms with Gasteiger partial charge in [-0.2, -0.15) is 0 Å². The molecule has 76 valence electrons. The van der Waals surface area contributed by atoms with Gasteiger partial charge in [-0.3, -0.25) is 4.79 Å². The molecule has 0 spiro atoms. The van der Waals surface area contributed by atoms with Crippen molar-refractivity contribution in [1.82, 2.24) is 9.97 Å². The summed E-state index contributed by atoms with van der Waals surface area (Å²) in [4.78, 5) is 18.1. The van der Waals surface area contributed by atoms with Crippen molar-refractivity contribution in [3.8, 4) is 0 Å². The number of rotatable bonds is 2. The first-order valence-electron chi connectivity index (χ1n) is 4.18. The van der Waals surface area contributed by atoms with Crippen molar-refractivity contribution in [3.63, 3.8) is 0 Å². The molecule has 0 radical (unpaired) electrons. The molecule has 5 heteroatoms. The molecule has 0 aliphatic heterocycles. The highest BCUT2D eigenvalue weighted by Gasteiger charge is 2.17. The van der Waals surface area contributed by atoms with Gasteiger partial charge < -0.3 is 4.98 Å². The number of H-pyrrole nitrogens is 1. The van der Waals surface area contributed by atoms with Crippen LogP contribution in [0.3, 0.4) is 0 Å². The maximum absolute atomic E-state index is 13.5. The summed E-state index contributed by atoms with van der Waals surface area (Å²) in [7, 11) is 0. The highest BCUT2D eigenvalue weighted by atomic mass is 79.9. The maximum Gasteiger partial charge on any atom is 0.231 e. The van der Waals surface area contributed by atoms with Crippen molar-refractivity contribution in [3.05, 3.63) is 52.3 Å². The number of benzene rings is 1. The highest BCUT2D eigenvalue weighted by molar-refractivity contribution is 9.10. The Morgan fingerprint density at radius 2 is 2.27 bits per heavy atom. The average molecular weight is 269 g/mol. The van der Waals surface area contributed by atoms with Crippen molar-refractivity contribution >= 4 is 21.7 Å². The summed E-state index contributed by atoms with van der Waals surface area (Å²) in [5, 5.41) is 0. The van der Waals surface area contributed by atoms with Crippen LogP contribution in [0.2, 0.25) is 0 Å². The molecule has 0 aliphatic rings. The average Bonchev–Trinajstić information content (AvgIpc) is 2.74. The first-order valence-corrected chi connectivity index (χ1v) is 4.97. The molecule has 0 saturated heterocycles. The number of imidazole rings is 1. The molecule has 1 N–H and O–H groups in total. The first-order chi connectivity index (χ1) is 7.20. The third-order valence-corrected chi connectivity index (χ3v) is 2.52. The minimum Gasteiger partial charge on any atom is -0.342 e. The van der Waals surface area contributed by atoms with Crippen molar-refractivity contribution < 1.29 is 9.18 Å². The van der Waals surface area contributed by atoms with Crippen LogP contribution < -0.4 is 0 Å². The van der Waals surface area contributed by atoms with E-state index in [4.69, 9.17) is 0 Å². The Hall–Kier alpha value is -1.49. The largest absolute Gasteiger partial charge is 0.342 e. The lowest BCUT2D eigenvalue weighted by atomic mass is 10.1. The molecule has 2 aromatic rings. The molecular weight excluding hydrogens is 263 g/mol. The van der Waals surface area contributed by atoms with E-state index in [0.29, 0.717) is 0 Å². The molecule has 1 heterocycles. The monoisotopic (exact) mass is 268 g/mol. The van der Waals surface area contributed by atoms with E-state index in [0.717, 1.165) is 0 Å². The quantitative estimate of drug-likeness (QED) is 0.851. The van der Waals surface area contributed by atoms with Crippen LogP contribution >= 0.6 is 15.9 Å². The predicted octanol–water partition coefficient (Wildman–Crippen LogP) is 2.54. The number of carbonyl (C=O) groups excluding carboxylic acids is 1. The molecule has 0 saturated carbocycles. The lowest BCUT2D eigenvalue weighted by Crippen LogP contribution is -2.06. The second kappa shape index (κ2) is 3.94. The number of hydrogen-bond acceptors (Lipinski definition) is 2. The van der Waals surface area contributed by atoms with Gasteiger partial charge in [0.05, 0.1) is 10.0 Å². The van der Waals surface area contributed by atoms with E-state index in [2.05, 4.69) is 25.9 Å². The predicted molar refractivity (Wildman–Crippen MR) is 56.1 cm³/mol. The fraction of sp³-hybridized carbons (Fsp3) is 0. The molecular formula is C10H6BrFN2O. The second-order valence-corrected chi connectivity index (χ2v) is 3.72. The SMILES string of the molecule is O=C(c1ncc[nH]1)c1cccc(Br)c1F. The van der Waals surface area contributed by atoms with Gasteiger partial charge >= 0.3 is 0 Å². The first kappa shape index (κ1) is 10.0. The molecule has 0 aliphatic carbocycles. The topological polar surface area (TPSA) is 45.8 Å². The molecule has 0 atom stereocenters. The summed E-state index contributed by atoms with van der Waals surface area (Å²) in [5.74, 6) is -0.898. The Kier molecular flexibility index (Phi) is 2.64. The number of nitrogens with one attached hydrogen (secondary N) is 1. The van der Waals surface area contributed by atoms with Gasteiger partial charge in [0.15, 0.2) is 5.82 Å². The third kappa shape index (κ3) is 1.83. The zero-order valence-corrected chi connectivity index (χ0v) is 9.08. The number of carbonyl (C=O) groups is 1. The molecule has 1 aromatic carbocycles. The van der Waals surface area contributed by atoms with Gasteiger partial charge in [-0.05, 0) is 28.1 Å². The molecule has 2 rings (SSSR count).